The number of aromatic nitrogens is 3. The van der Waals surface area contributed by atoms with Gasteiger partial charge in [0.25, 0.3) is 5.91 Å². The Morgan fingerprint density at radius 2 is 1.61 bits per heavy atom. The maximum absolute atomic E-state index is 13.0. The Kier molecular flexibility index (Phi) is 4.43. The summed E-state index contributed by atoms with van der Waals surface area (Å²) in [7, 11) is 0. The van der Waals surface area contributed by atoms with Gasteiger partial charge in [-0.1, -0.05) is 36.4 Å². The summed E-state index contributed by atoms with van der Waals surface area (Å²) in [5, 5.41) is 8.61. The van der Waals surface area contributed by atoms with E-state index in [0.717, 1.165) is 33.4 Å². The molecule has 2 aromatic carbocycles. The third-order valence-corrected chi connectivity index (χ3v) is 5.01. The Bertz CT molecular complexity index is 1190. The highest BCUT2D eigenvalue weighted by Gasteiger charge is 2.21. The third kappa shape index (κ3) is 3.05. The molecule has 1 amide bonds. The summed E-state index contributed by atoms with van der Waals surface area (Å²) >= 11 is 0. The number of aryl methyl sites for hydroxylation is 3. The number of nitrogens with zero attached hydrogens (tertiary/aromatic N) is 3. The van der Waals surface area contributed by atoms with Crippen LogP contribution in [0, 0.1) is 27.7 Å². The van der Waals surface area contributed by atoms with Gasteiger partial charge in [-0.2, -0.15) is 5.10 Å². The molecule has 0 aliphatic heterocycles. The van der Waals surface area contributed by atoms with E-state index in [1.807, 2.05) is 61.0 Å². The van der Waals surface area contributed by atoms with Crippen molar-refractivity contribution in [3.05, 3.63) is 82.7 Å². The van der Waals surface area contributed by atoms with Gasteiger partial charge in [0.15, 0.2) is 0 Å². The zero-order valence-corrected chi connectivity index (χ0v) is 16.4. The van der Waals surface area contributed by atoms with Crippen molar-refractivity contribution in [3.8, 4) is 5.69 Å². The molecule has 0 radical (unpaired) electrons. The number of hydrogen-bond donors (Lipinski definition) is 1. The Balaban J connectivity index is 1.71. The van der Waals surface area contributed by atoms with Crippen molar-refractivity contribution in [2.45, 2.75) is 27.7 Å². The van der Waals surface area contributed by atoms with Crippen LogP contribution >= 0.6 is 0 Å². The van der Waals surface area contributed by atoms with Crippen LogP contribution in [0.5, 0.6) is 0 Å². The molecule has 0 saturated heterocycles. The van der Waals surface area contributed by atoms with Crippen LogP contribution in [0.2, 0.25) is 0 Å². The van der Waals surface area contributed by atoms with E-state index in [0.29, 0.717) is 17.1 Å². The van der Waals surface area contributed by atoms with Crippen molar-refractivity contribution >= 4 is 22.6 Å². The zero-order chi connectivity index (χ0) is 19.8. The molecule has 1 N–H and O–H groups in total. The summed E-state index contributed by atoms with van der Waals surface area (Å²) < 4.78 is 1.86. The maximum Gasteiger partial charge on any atom is 0.260 e. The topological polar surface area (TPSA) is 59.8 Å². The highest BCUT2D eigenvalue weighted by atomic mass is 16.1. The number of carbonyl (C=O) groups excluding carboxylic acids is 1. The molecule has 5 nitrogen and oxygen atoms in total. The first kappa shape index (κ1) is 17.9. The minimum atomic E-state index is -0.199. The van der Waals surface area contributed by atoms with Gasteiger partial charge in [-0.25, -0.2) is 9.67 Å². The van der Waals surface area contributed by atoms with Crippen LogP contribution in [-0.4, -0.2) is 20.7 Å². The van der Waals surface area contributed by atoms with Crippen molar-refractivity contribution in [1.29, 1.82) is 0 Å². The van der Waals surface area contributed by atoms with Gasteiger partial charge in [0.05, 0.1) is 28.2 Å². The molecule has 28 heavy (non-hydrogen) atoms. The lowest BCUT2D eigenvalue weighted by atomic mass is 10.1. The van der Waals surface area contributed by atoms with Crippen LogP contribution < -0.4 is 5.32 Å². The average molecular weight is 370 g/mol. The minimum Gasteiger partial charge on any atom is -0.306 e. The van der Waals surface area contributed by atoms with Gasteiger partial charge in [0.1, 0.15) is 5.82 Å². The maximum atomic E-state index is 13.0. The Hall–Kier alpha value is -3.47. The molecule has 0 fully saturated rings. The molecule has 2 heterocycles. The van der Waals surface area contributed by atoms with Gasteiger partial charge in [0, 0.05) is 5.39 Å². The number of anilines is 1. The number of para-hydroxylation sites is 2. The molecule has 0 unspecified atom stereocenters. The summed E-state index contributed by atoms with van der Waals surface area (Å²) in [6.07, 6.45) is 0. The molecule has 0 aliphatic rings. The lowest BCUT2D eigenvalue weighted by molar-refractivity contribution is 0.102. The number of fused-ring (bicyclic) bond motifs is 1. The van der Waals surface area contributed by atoms with Gasteiger partial charge < -0.3 is 5.32 Å². The Morgan fingerprint density at radius 1 is 0.893 bits per heavy atom. The van der Waals surface area contributed by atoms with Crippen LogP contribution in [0.15, 0.2) is 54.6 Å². The molecule has 0 bridgehead atoms. The van der Waals surface area contributed by atoms with Crippen molar-refractivity contribution in [2.75, 3.05) is 5.32 Å². The van der Waals surface area contributed by atoms with Gasteiger partial charge in [-0.15, -0.1) is 0 Å². The number of carbonyl (C=O) groups is 1. The molecular formula is C23H22N4O. The fourth-order valence-electron chi connectivity index (χ4n) is 3.64. The van der Waals surface area contributed by atoms with E-state index in [4.69, 9.17) is 0 Å². The summed E-state index contributed by atoms with van der Waals surface area (Å²) in [6.45, 7) is 7.89. The molecule has 0 atom stereocenters. The molecule has 0 saturated carbocycles. The third-order valence-electron chi connectivity index (χ3n) is 5.01. The van der Waals surface area contributed by atoms with Crippen LogP contribution in [0.1, 0.15) is 32.9 Å². The predicted octanol–water partition coefficient (Wildman–Crippen LogP) is 4.91. The molecule has 4 aromatic rings. The highest BCUT2D eigenvalue weighted by molar-refractivity contribution is 6.05. The Morgan fingerprint density at radius 3 is 2.36 bits per heavy atom. The molecule has 2 aromatic heterocycles. The molecular weight excluding hydrogens is 348 g/mol. The summed E-state index contributed by atoms with van der Waals surface area (Å²) in [4.78, 5) is 17.5. The monoisotopic (exact) mass is 370 g/mol. The van der Waals surface area contributed by atoms with E-state index < -0.39 is 0 Å². The molecule has 0 spiro atoms. The molecule has 140 valence electrons. The second-order valence-corrected chi connectivity index (χ2v) is 7.04. The first-order valence-electron chi connectivity index (χ1n) is 9.25. The number of nitrogens with one attached hydrogen (secondary N) is 1. The normalized spacial score (nSPS) is 11.0. The zero-order valence-electron chi connectivity index (χ0n) is 16.4. The summed E-state index contributed by atoms with van der Waals surface area (Å²) in [6, 6.07) is 17.7. The summed E-state index contributed by atoms with van der Waals surface area (Å²) in [5.41, 5.74) is 6.19. The number of pyridine rings is 1. The fourth-order valence-corrected chi connectivity index (χ4v) is 3.64. The molecule has 5 heteroatoms. The fraction of sp³-hybridized carbons (Fsp3) is 0.174. The van der Waals surface area contributed by atoms with Crippen LogP contribution in [0.4, 0.5) is 5.82 Å². The predicted molar refractivity (Wildman–Crippen MR) is 112 cm³/mol. The SMILES string of the molecule is Cc1cccc(C)c1-n1nc(C)c(C(=O)Nc2ccc3ccccc3n2)c1C. The first-order chi connectivity index (χ1) is 13.5. The number of amides is 1. The summed E-state index contributed by atoms with van der Waals surface area (Å²) in [5.74, 6) is 0.331. The van der Waals surface area contributed by atoms with Crippen LogP contribution in [0.3, 0.4) is 0 Å². The second kappa shape index (κ2) is 6.93. The van der Waals surface area contributed by atoms with Crippen molar-refractivity contribution in [2.24, 2.45) is 0 Å². The first-order valence-corrected chi connectivity index (χ1v) is 9.25. The van der Waals surface area contributed by atoms with E-state index in [-0.39, 0.29) is 5.91 Å². The lowest BCUT2D eigenvalue weighted by Crippen LogP contribution is -2.15. The molecule has 4 rings (SSSR count). The highest BCUT2D eigenvalue weighted by Crippen LogP contribution is 2.24. The second-order valence-electron chi connectivity index (χ2n) is 7.04. The smallest absolute Gasteiger partial charge is 0.260 e. The van der Waals surface area contributed by atoms with Gasteiger partial charge >= 0.3 is 0 Å². The van der Waals surface area contributed by atoms with E-state index in [1.54, 1.807) is 0 Å². The van der Waals surface area contributed by atoms with Crippen LogP contribution in [0.25, 0.3) is 16.6 Å². The van der Waals surface area contributed by atoms with E-state index in [2.05, 4.69) is 41.4 Å². The number of benzene rings is 2. The number of rotatable bonds is 3. The van der Waals surface area contributed by atoms with Crippen molar-refractivity contribution in [3.63, 3.8) is 0 Å². The van der Waals surface area contributed by atoms with Crippen LogP contribution in [-0.2, 0) is 0 Å². The van der Waals surface area contributed by atoms with Gasteiger partial charge in [-0.3, -0.25) is 4.79 Å². The van der Waals surface area contributed by atoms with E-state index >= 15 is 0 Å². The Labute approximate surface area is 164 Å². The standard InChI is InChI=1S/C23H22N4O/c1-14-8-7-9-15(2)22(14)27-17(4)21(16(3)26-27)23(28)25-20-13-12-18-10-5-6-11-19(18)24-20/h5-13H,1-4H3,(H,24,25,28). The van der Waals surface area contributed by atoms with E-state index in [1.165, 1.54) is 0 Å². The quantitative estimate of drug-likeness (QED) is 0.558. The van der Waals surface area contributed by atoms with Crippen molar-refractivity contribution in [1.82, 2.24) is 14.8 Å². The van der Waals surface area contributed by atoms with Gasteiger partial charge in [0.2, 0.25) is 0 Å². The molecule has 0 aliphatic carbocycles. The van der Waals surface area contributed by atoms with E-state index in [9.17, 15) is 4.79 Å². The lowest BCUT2D eigenvalue weighted by Gasteiger charge is -2.12. The number of hydrogen-bond acceptors (Lipinski definition) is 3. The van der Waals surface area contributed by atoms with Crippen molar-refractivity contribution < 1.29 is 4.79 Å². The average Bonchev–Trinajstić information content (AvgIpc) is 2.95. The largest absolute Gasteiger partial charge is 0.306 e. The minimum absolute atomic E-state index is 0.199. The van der Waals surface area contributed by atoms with Gasteiger partial charge in [-0.05, 0) is 57.0 Å².